The fourth-order valence-corrected chi connectivity index (χ4v) is 2.64. The summed E-state index contributed by atoms with van der Waals surface area (Å²) in [5.41, 5.74) is 1.27. The van der Waals surface area contributed by atoms with Gasteiger partial charge in [-0.2, -0.15) is 4.37 Å². The molecular formula is C8H6BrNS. The Hall–Kier alpha value is -0.410. The fraction of sp³-hybridized carbons (Fsp3) is 0.125. The van der Waals surface area contributed by atoms with Crippen LogP contribution in [0.1, 0.15) is 5.56 Å². The van der Waals surface area contributed by atoms with Gasteiger partial charge in [-0.15, -0.1) is 0 Å². The SMILES string of the molecule is Cc1cc(Br)c2cnsc2c1. The lowest BCUT2D eigenvalue weighted by molar-refractivity contribution is 1.50. The summed E-state index contributed by atoms with van der Waals surface area (Å²) < 4.78 is 6.50. The van der Waals surface area contributed by atoms with Crippen LogP contribution in [0.3, 0.4) is 0 Å². The van der Waals surface area contributed by atoms with E-state index in [0.717, 1.165) is 4.47 Å². The summed E-state index contributed by atoms with van der Waals surface area (Å²) in [5, 5.41) is 1.21. The van der Waals surface area contributed by atoms with Crippen LogP contribution in [0.5, 0.6) is 0 Å². The summed E-state index contributed by atoms with van der Waals surface area (Å²) in [6.45, 7) is 2.09. The van der Waals surface area contributed by atoms with Crippen molar-refractivity contribution < 1.29 is 0 Å². The van der Waals surface area contributed by atoms with Crippen molar-refractivity contribution in [3.63, 3.8) is 0 Å². The zero-order valence-electron chi connectivity index (χ0n) is 5.97. The summed E-state index contributed by atoms with van der Waals surface area (Å²) in [4.78, 5) is 0. The Morgan fingerprint density at radius 3 is 3.09 bits per heavy atom. The first-order valence-electron chi connectivity index (χ1n) is 3.28. The highest BCUT2D eigenvalue weighted by molar-refractivity contribution is 9.10. The maximum absolute atomic E-state index is 4.11. The van der Waals surface area contributed by atoms with Crippen LogP contribution in [0.15, 0.2) is 22.8 Å². The van der Waals surface area contributed by atoms with Crippen molar-refractivity contribution in [1.82, 2.24) is 4.37 Å². The lowest BCUT2D eigenvalue weighted by Gasteiger charge is -1.94. The number of halogens is 1. The topological polar surface area (TPSA) is 12.9 Å². The average Bonchev–Trinajstić information content (AvgIpc) is 2.34. The molecule has 1 aromatic carbocycles. The van der Waals surface area contributed by atoms with Gasteiger partial charge in [0.05, 0.1) is 4.70 Å². The van der Waals surface area contributed by atoms with Crippen molar-refractivity contribution in [2.45, 2.75) is 6.92 Å². The molecule has 2 rings (SSSR count). The largest absolute Gasteiger partial charge is 0.200 e. The first-order valence-corrected chi connectivity index (χ1v) is 4.84. The number of fused-ring (bicyclic) bond motifs is 1. The van der Waals surface area contributed by atoms with E-state index in [1.54, 1.807) is 0 Å². The molecule has 0 bridgehead atoms. The quantitative estimate of drug-likeness (QED) is 0.673. The minimum atomic E-state index is 1.14. The number of benzene rings is 1. The van der Waals surface area contributed by atoms with Gasteiger partial charge in [0, 0.05) is 16.1 Å². The van der Waals surface area contributed by atoms with Crippen molar-refractivity contribution in [2.24, 2.45) is 0 Å². The molecule has 1 aromatic heterocycles. The van der Waals surface area contributed by atoms with Crippen LogP contribution in [0, 0.1) is 6.92 Å². The molecule has 0 aliphatic heterocycles. The van der Waals surface area contributed by atoms with Crippen LogP contribution in [0.25, 0.3) is 10.1 Å². The summed E-state index contributed by atoms with van der Waals surface area (Å²) in [6, 6.07) is 4.26. The molecule has 0 spiro atoms. The van der Waals surface area contributed by atoms with E-state index in [9.17, 15) is 0 Å². The molecule has 0 saturated carbocycles. The minimum absolute atomic E-state index is 1.14. The molecule has 0 fully saturated rings. The van der Waals surface area contributed by atoms with Crippen LogP contribution in [-0.2, 0) is 0 Å². The van der Waals surface area contributed by atoms with Gasteiger partial charge in [0.2, 0.25) is 0 Å². The van der Waals surface area contributed by atoms with E-state index in [-0.39, 0.29) is 0 Å². The Bertz CT molecular complexity index is 394. The van der Waals surface area contributed by atoms with Gasteiger partial charge < -0.3 is 0 Å². The average molecular weight is 228 g/mol. The second-order valence-corrected chi connectivity index (χ2v) is 4.17. The van der Waals surface area contributed by atoms with Crippen LogP contribution in [0.2, 0.25) is 0 Å². The molecule has 0 saturated heterocycles. The number of aromatic nitrogens is 1. The minimum Gasteiger partial charge on any atom is -0.200 e. The van der Waals surface area contributed by atoms with Gasteiger partial charge in [-0.1, -0.05) is 15.9 Å². The Morgan fingerprint density at radius 2 is 2.27 bits per heavy atom. The van der Waals surface area contributed by atoms with Gasteiger partial charge in [-0.3, -0.25) is 0 Å². The molecule has 2 aromatic rings. The highest BCUT2D eigenvalue weighted by atomic mass is 79.9. The van der Waals surface area contributed by atoms with Crippen LogP contribution >= 0.6 is 27.5 Å². The molecule has 1 nitrogen and oxygen atoms in total. The number of hydrogen-bond donors (Lipinski definition) is 0. The zero-order chi connectivity index (χ0) is 7.84. The van der Waals surface area contributed by atoms with Gasteiger partial charge in [-0.05, 0) is 36.2 Å². The molecule has 0 aliphatic carbocycles. The number of aryl methyl sites for hydroxylation is 1. The molecule has 56 valence electrons. The van der Waals surface area contributed by atoms with Gasteiger partial charge in [0.25, 0.3) is 0 Å². The van der Waals surface area contributed by atoms with Gasteiger partial charge in [0.1, 0.15) is 0 Å². The Labute approximate surface area is 77.3 Å². The van der Waals surface area contributed by atoms with E-state index in [1.807, 2.05) is 6.20 Å². The van der Waals surface area contributed by atoms with E-state index < -0.39 is 0 Å². The Morgan fingerprint density at radius 1 is 1.45 bits per heavy atom. The molecule has 0 aliphatic rings. The molecule has 0 atom stereocenters. The third-order valence-corrected chi connectivity index (χ3v) is 2.97. The van der Waals surface area contributed by atoms with Gasteiger partial charge in [0.15, 0.2) is 0 Å². The van der Waals surface area contributed by atoms with Crippen LogP contribution in [-0.4, -0.2) is 4.37 Å². The first kappa shape index (κ1) is 7.25. The third-order valence-electron chi connectivity index (χ3n) is 1.57. The fourth-order valence-electron chi connectivity index (χ4n) is 1.06. The molecule has 0 unspecified atom stereocenters. The van der Waals surface area contributed by atoms with Crippen molar-refractivity contribution in [2.75, 3.05) is 0 Å². The highest BCUT2D eigenvalue weighted by Crippen LogP contribution is 2.27. The zero-order valence-corrected chi connectivity index (χ0v) is 8.37. The van der Waals surface area contributed by atoms with E-state index in [2.05, 4.69) is 39.4 Å². The summed E-state index contributed by atoms with van der Waals surface area (Å²) in [7, 11) is 0. The molecular weight excluding hydrogens is 222 g/mol. The lowest BCUT2D eigenvalue weighted by Crippen LogP contribution is -1.71. The standard InChI is InChI=1S/C8H6BrNS/c1-5-2-7(9)6-4-10-11-8(6)3-5/h2-4H,1H3. The maximum Gasteiger partial charge on any atom is 0.0564 e. The normalized spacial score (nSPS) is 10.7. The molecule has 1 heterocycles. The van der Waals surface area contributed by atoms with E-state index >= 15 is 0 Å². The van der Waals surface area contributed by atoms with Gasteiger partial charge in [-0.25, -0.2) is 0 Å². The van der Waals surface area contributed by atoms with Crippen molar-refractivity contribution in [1.29, 1.82) is 0 Å². The number of nitrogens with zero attached hydrogens (tertiary/aromatic N) is 1. The highest BCUT2D eigenvalue weighted by Gasteiger charge is 2.00. The second-order valence-electron chi connectivity index (χ2n) is 2.48. The second kappa shape index (κ2) is 2.57. The molecule has 0 radical (unpaired) electrons. The van der Waals surface area contributed by atoms with Gasteiger partial charge >= 0.3 is 0 Å². The summed E-state index contributed by atoms with van der Waals surface area (Å²) in [6.07, 6.45) is 1.89. The van der Waals surface area contributed by atoms with E-state index in [0.29, 0.717) is 0 Å². The summed E-state index contributed by atoms with van der Waals surface area (Å²) >= 11 is 5.03. The smallest absolute Gasteiger partial charge is 0.0564 e. The van der Waals surface area contributed by atoms with E-state index in [1.165, 1.54) is 27.2 Å². The maximum atomic E-state index is 4.11. The first-order chi connectivity index (χ1) is 5.27. The van der Waals surface area contributed by atoms with Crippen molar-refractivity contribution in [3.05, 3.63) is 28.4 Å². The van der Waals surface area contributed by atoms with Crippen molar-refractivity contribution >= 4 is 37.5 Å². The van der Waals surface area contributed by atoms with E-state index in [4.69, 9.17) is 0 Å². The number of rotatable bonds is 0. The Balaban J connectivity index is 2.91. The van der Waals surface area contributed by atoms with Crippen LogP contribution < -0.4 is 0 Å². The molecule has 0 amide bonds. The molecule has 11 heavy (non-hydrogen) atoms. The third kappa shape index (κ3) is 1.19. The monoisotopic (exact) mass is 227 g/mol. The Kier molecular flexibility index (Phi) is 1.69. The molecule has 3 heteroatoms. The predicted octanol–water partition coefficient (Wildman–Crippen LogP) is 3.37. The lowest BCUT2D eigenvalue weighted by atomic mass is 10.2. The van der Waals surface area contributed by atoms with Crippen molar-refractivity contribution in [3.8, 4) is 0 Å². The predicted molar refractivity (Wildman–Crippen MR) is 52.1 cm³/mol. The molecule has 0 N–H and O–H groups in total. The summed E-state index contributed by atoms with van der Waals surface area (Å²) in [5.74, 6) is 0. The number of hydrogen-bond acceptors (Lipinski definition) is 2. The van der Waals surface area contributed by atoms with Crippen LogP contribution in [0.4, 0.5) is 0 Å².